The Morgan fingerprint density at radius 1 is 1.08 bits per heavy atom. The Morgan fingerprint density at radius 2 is 1.84 bits per heavy atom. The third-order valence-electron chi connectivity index (χ3n) is 11.5. The second-order valence-corrected chi connectivity index (χ2v) is 13.1. The van der Waals surface area contributed by atoms with Crippen LogP contribution in [-0.4, -0.2) is 67.7 Å². The quantitative estimate of drug-likeness (QED) is 0.476. The van der Waals surface area contributed by atoms with Gasteiger partial charge in [0, 0.05) is 63.1 Å². The lowest BCUT2D eigenvalue weighted by Crippen LogP contribution is -2.60. The van der Waals surface area contributed by atoms with Gasteiger partial charge in [0.1, 0.15) is 24.0 Å². The lowest BCUT2D eigenvalue weighted by molar-refractivity contribution is -0.166. The lowest BCUT2D eigenvalue weighted by Gasteiger charge is -2.58. The monoisotopic (exact) mass is 515 g/mol. The van der Waals surface area contributed by atoms with Crippen LogP contribution in [0.3, 0.4) is 0 Å². The fourth-order valence-corrected chi connectivity index (χ4v) is 9.12. The fourth-order valence-electron chi connectivity index (χ4n) is 9.12. The molecule has 5 rings (SSSR count). The number of morpholine rings is 1. The topological polar surface area (TPSA) is 90.0 Å². The van der Waals surface area contributed by atoms with Gasteiger partial charge in [-0.2, -0.15) is 0 Å². The molecule has 7 heteroatoms. The summed E-state index contributed by atoms with van der Waals surface area (Å²) in [6, 6.07) is 0. The highest BCUT2D eigenvalue weighted by Gasteiger charge is 2.66. The second kappa shape index (κ2) is 10.5. The number of carbonyl (C=O) groups excluding carboxylic acids is 4. The van der Waals surface area contributed by atoms with Crippen LogP contribution in [0.2, 0.25) is 0 Å². The average Bonchev–Trinajstić information content (AvgIpc) is 3.23. The first kappa shape index (κ1) is 27.0. The standard InChI is InChI=1S/C30H45NO6/c1-19(4-7-27(35)37-15-12-31-10-13-36-14-11-31)22-5-6-23-28-24(18-26(34)30(22,23)3)29(2)9-8-21(32)16-20(29)17-25(28)33/h19-20,22-24,28H,4-18H2,1-3H3/t19-,20+,22-,23?,24+,28+,29+,30-/m1/s1. The molecule has 4 aliphatic carbocycles. The Kier molecular flexibility index (Phi) is 7.67. The van der Waals surface area contributed by atoms with E-state index >= 15 is 0 Å². The minimum Gasteiger partial charge on any atom is -0.464 e. The minimum atomic E-state index is -0.496. The normalized spacial score (nSPS) is 41.1. The van der Waals surface area contributed by atoms with Gasteiger partial charge in [0.2, 0.25) is 0 Å². The Morgan fingerprint density at radius 3 is 2.59 bits per heavy atom. The molecule has 0 aromatic rings. The number of Topliss-reactive ketones (excluding diaryl/α,β-unsaturated/α-hetero) is 3. The van der Waals surface area contributed by atoms with E-state index in [2.05, 4.69) is 25.7 Å². The molecule has 5 fully saturated rings. The van der Waals surface area contributed by atoms with Crippen LogP contribution in [0.1, 0.15) is 78.6 Å². The molecular weight excluding hydrogens is 470 g/mol. The molecule has 0 bridgehead atoms. The van der Waals surface area contributed by atoms with Crippen molar-refractivity contribution in [1.29, 1.82) is 0 Å². The molecule has 0 radical (unpaired) electrons. The maximum absolute atomic E-state index is 13.9. The molecule has 1 heterocycles. The largest absolute Gasteiger partial charge is 0.464 e. The van der Waals surface area contributed by atoms with Gasteiger partial charge in [-0.25, -0.2) is 0 Å². The number of hydrogen-bond donors (Lipinski definition) is 0. The first-order valence-electron chi connectivity index (χ1n) is 14.7. The maximum atomic E-state index is 13.9. The molecule has 37 heavy (non-hydrogen) atoms. The highest BCUT2D eigenvalue weighted by molar-refractivity contribution is 5.93. The molecule has 0 N–H and O–H groups in total. The first-order chi connectivity index (χ1) is 17.6. The Labute approximate surface area is 221 Å². The summed E-state index contributed by atoms with van der Waals surface area (Å²) in [6.45, 7) is 10.9. The molecule has 1 aliphatic heterocycles. The molecule has 0 aromatic carbocycles. The number of hydrogen-bond acceptors (Lipinski definition) is 7. The molecule has 206 valence electrons. The molecular formula is C30H45NO6. The number of carbonyl (C=O) groups is 4. The maximum Gasteiger partial charge on any atom is 0.305 e. The molecule has 8 atom stereocenters. The van der Waals surface area contributed by atoms with Gasteiger partial charge in [0.25, 0.3) is 0 Å². The number of ketones is 3. The number of esters is 1. The molecule has 0 aromatic heterocycles. The third kappa shape index (κ3) is 4.84. The van der Waals surface area contributed by atoms with Crippen LogP contribution in [0.5, 0.6) is 0 Å². The predicted octanol–water partition coefficient (Wildman–Crippen LogP) is 3.86. The number of fused-ring (bicyclic) bond motifs is 5. The van der Waals surface area contributed by atoms with Crippen molar-refractivity contribution in [1.82, 2.24) is 4.90 Å². The molecule has 7 nitrogen and oxygen atoms in total. The summed E-state index contributed by atoms with van der Waals surface area (Å²) in [5.74, 6) is 1.34. The van der Waals surface area contributed by atoms with Gasteiger partial charge in [0.15, 0.2) is 0 Å². The zero-order valence-electron chi connectivity index (χ0n) is 23.0. The predicted molar refractivity (Wildman–Crippen MR) is 138 cm³/mol. The zero-order chi connectivity index (χ0) is 26.4. The summed E-state index contributed by atoms with van der Waals surface area (Å²) in [5, 5.41) is 0. The summed E-state index contributed by atoms with van der Waals surface area (Å²) in [4.78, 5) is 54.3. The molecule has 5 aliphatic rings. The van der Waals surface area contributed by atoms with Crippen molar-refractivity contribution in [3.05, 3.63) is 0 Å². The molecule has 1 saturated heterocycles. The van der Waals surface area contributed by atoms with Gasteiger partial charge in [-0.15, -0.1) is 0 Å². The smallest absolute Gasteiger partial charge is 0.305 e. The molecule has 0 spiro atoms. The van der Waals surface area contributed by atoms with E-state index in [-0.39, 0.29) is 52.7 Å². The highest BCUT2D eigenvalue weighted by atomic mass is 16.5. The van der Waals surface area contributed by atoms with Crippen LogP contribution < -0.4 is 0 Å². The van der Waals surface area contributed by atoms with E-state index in [1.165, 1.54) is 0 Å². The van der Waals surface area contributed by atoms with Gasteiger partial charge >= 0.3 is 5.97 Å². The van der Waals surface area contributed by atoms with Crippen molar-refractivity contribution in [2.75, 3.05) is 39.5 Å². The van der Waals surface area contributed by atoms with E-state index in [1.807, 2.05) is 0 Å². The lowest BCUT2D eigenvalue weighted by atomic mass is 9.44. The van der Waals surface area contributed by atoms with Crippen molar-refractivity contribution in [2.45, 2.75) is 78.6 Å². The zero-order valence-corrected chi connectivity index (χ0v) is 23.0. The van der Waals surface area contributed by atoms with Crippen molar-refractivity contribution >= 4 is 23.3 Å². The summed E-state index contributed by atoms with van der Waals surface area (Å²) in [5.41, 5.74) is -0.581. The minimum absolute atomic E-state index is 0.0560. The van der Waals surface area contributed by atoms with Gasteiger partial charge in [-0.05, 0) is 60.7 Å². The third-order valence-corrected chi connectivity index (χ3v) is 11.5. The Bertz CT molecular complexity index is 927. The Hall–Kier alpha value is -1.60. The van der Waals surface area contributed by atoms with Crippen LogP contribution in [0.4, 0.5) is 0 Å². The van der Waals surface area contributed by atoms with Gasteiger partial charge in [-0.1, -0.05) is 20.8 Å². The van der Waals surface area contributed by atoms with E-state index in [1.54, 1.807) is 0 Å². The number of ether oxygens (including phenoxy) is 2. The number of rotatable bonds is 7. The van der Waals surface area contributed by atoms with Crippen molar-refractivity contribution in [3.63, 3.8) is 0 Å². The fraction of sp³-hybridized carbons (Fsp3) is 0.867. The van der Waals surface area contributed by atoms with Crippen LogP contribution in [0.25, 0.3) is 0 Å². The van der Waals surface area contributed by atoms with E-state index in [4.69, 9.17) is 9.47 Å². The van der Waals surface area contributed by atoms with Crippen LogP contribution in [0.15, 0.2) is 0 Å². The number of nitrogens with zero attached hydrogens (tertiary/aromatic N) is 1. The van der Waals surface area contributed by atoms with Crippen LogP contribution in [-0.2, 0) is 28.7 Å². The van der Waals surface area contributed by atoms with Crippen molar-refractivity contribution in [2.24, 2.45) is 46.3 Å². The molecule has 4 saturated carbocycles. The summed E-state index contributed by atoms with van der Waals surface area (Å²) < 4.78 is 10.9. The van der Waals surface area contributed by atoms with E-state index < -0.39 is 5.41 Å². The second-order valence-electron chi connectivity index (χ2n) is 13.1. The van der Waals surface area contributed by atoms with E-state index in [0.29, 0.717) is 56.7 Å². The highest BCUT2D eigenvalue weighted by Crippen LogP contribution is 2.66. The van der Waals surface area contributed by atoms with Gasteiger partial charge < -0.3 is 9.47 Å². The van der Waals surface area contributed by atoms with Crippen LogP contribution >= 0.6 is 0 Å². The Balaban J connectivity index is 1.20. The SMILES string of the molecule is C[C@H](CCC(=O)OCCN1CCOCC1)[C@H]1CCC2[C@@H]3C(=O)C[C@@H]4CC(=O)CC[C@]4(C)[C@H]3CC(=O)[C@@]21C. The van der Waals surface area contributed by atoms with Crippen molar-refractivity contribution in [3.8, 4) is 0 Å². The summed E-state index contributed by atoms with van der Waals surface area (Å²) in [7, 11) is 0. The van der Waals surface area contributed by atoms with Crippen molar-refractivity contribution < 1.29 is 28.7 Å². The molecule has 0 amide bonds. The van der Waals surface area contributed by atoms with E-state index in [9.17, 15) is 19.2 Å². The summed E-state index contributed by atoms with van der Waals surface area (Å²) >= 11 is 0. The van der Waals surface area contributed by atoms with E-state index in [0.717, 1.165) is 52.1 Å². The first-order valence-corrected chi connectivity index (χ1v) is 14.7. The summed E-state index contributed by atoms with van der Waals surface area (Å²) in [6.07, 6.45) is 5.80. The average molecular weight is 516 g/mol. The van der Waals surface area contributed by atoms with Gasteiger partial charge in [0.05, 0.1) is 13.2 Å². The van der Waals surface area contributed by atoms with Crippen LogP contribution in [0, 0.1) is 46.3 Å². The molecule has 1 unspecified atom stereocenters. The van der Waals surface area contributed by atoms with Gasteiger partial charge in [-0.3, -0.25) is 24.1 Å².